The molecule has 0 saturated heterocycles. The van der Waals surface area contributed by atoms with E-state index in [1.54, 1.807) is 43.8 Å². The number of aryl methyl sites for hydroxylation is 2. The molecular formula is C19H22N6O4. The second-order valence-electron chi connectivity index (χ2n) is 6.41. The maximum Gasteiger partial charge on any atom is 0.340 e. The predicted molar refractivity (Wildman–Crippen MR) is 105 cm³/mol. The Labute approximate surface area is 167 Å². The number of esters is 1. The van der Waals surface area contributed by atoms with Gasteiger partial charge in [-0.05, 0) is 42.0 Å². The number of hydrogen-bond acceptors (Lipinski definition) is 7. The van der Waals surface area contributed by atoms with Crippen LogP contribution in [0.2, 0.25) is 0 Å². The highest BCUT2D eigenvalue weighted by molar-refractivity contribution is 6.07. The van der Waals surface area contributed by atoms with Crippen molar-refractivity contribution in [3.05, 3.63) is 46.8 Å². The van der Waals surface area contributed by atoms with Crippen molar-refractivity contribution < 1.29 is 19.1 Å². The molecule has 2 heterocycles. The first-order valence-electron chi connectivity index (χ1n) is 8.91. The van der Waals surface area contributed by atoms with Crippen molar-refractivity contribution in [1.29, 1.82) is 0 Å². The molecule has 152 valence electrons. The number of aromatic amines is 1. The second kappa shape index (κ2) is 8.65. The van der Waals surface area contributed by atoms with E-state index in [-0.39, 0.29) is 12.5 Å². The minimum absolute atomic E-state index is 0.143. The maximum atomic E-state index is 12.8. The summed E-state index contributed by atoms with van der Waals surface area (Å²) in [4.78, 5) is 28.1. The minimum Gasteiger partial charge on any atom is -0.460 e. The van der Waals surface area contributed by atoms with Gasteiger partial charge >= 0.3 is 5.97 Å². The van der Waals surface area contributed by atoms with Crippen molar-refractivity contribution in [2.75, 3.05) is 25.6 Å². The summed E-state index contributed by atoms with van der Waals surface area (Å²) in [5.41, 5.74) is 3.07. The summed E-state index contributed by atoms with van der Waals surface area (Å²) >= 11 is 0. The normalized spacial score (nSPS) is 10.8. The van der Waals surface area contributed by atoms with Crippen molar-refractivity contribution in [1.82, 2.24) is 25.2 Å². The molecule has 0 spiro atoms. The fraction of sp³-hybridized carbons (Fsp3) is 0.316. The molecule has 1 aromatic carbocycles. The Bertz CT molecular complexity index is 1040. The number of anilines is 1. The molecule has 0 bridgehead atoms. The Hall–Kier alpha value is -3.53. The maximum absolute atomic E-state index is 12.8. The van der Waals surface area contributed by atoms with Gasteiger partial charge in [0.2, 0.25) is 0 Å². The van der Waals surface area contributed by atoms with Crippen LogP contribution in [0.25, 0.3) is 11.4 Å². The third-order valence-electron chi connectivity index (χ3n) is 4.39. The zero-order valence-electron chi connectivity index (χ0n) is 16.6. The van der Waals surface area contributed by atoms with E-state index in [9.17, 15) is 9.59 Å². The molecule has 0 atom stereocenters. The van der Waals surface area contributed by atoms with Crippen LogP contribution in [0.15, 0.2) is 24.3 Å². The lowest BCUT2D eigenvalue weighted by Gasteiger charge is -2.07. The van der Waals surface area contributed by atoms with Crippen LogP contribution in [-0.2, 0) is 16.5 Å². The van der Waals surface area contributed by atoms with Crippen LogP contribution in [0.4, 0.5) is 5.69 Å². The first-order chi connectivity index (χ1) is 13.9. The number of methoxy groups -OCH3 is 1. The summed E-state index contributed by atoms with van der Waals surface area (Å²) in [6, 6.07) is 7.18. The van der Waals surface area contributed by atoms with E-state index in [1.807, 2.05) is 6.07 Å². The van der Waals surface area contributed by atoms with E-state index in [0.29, 0.717) is 40.6 Å². The van der Waals surface area contributed by atoms with Gasteiger partial charge in [-0.25, -0.2) is 9.48 Å². The summed E-state index contributed by atoms with van der Waals surface area (Å²) in [7, 11) is 3.26. The fourth-order valence-electron chi connectivity index (χ4n) is 2.98. The minimum atomic E-state index is -0.496. The molecular weight excluding hydrogens is 376 g/mol. The van der Waals surface area contributed by atoms with Gasteiger partial charge in [-0.15, -0.1) is 5.10 Å². The molecule has 10 nitrogen and oxygen atoms in total. The molecule has 0 saturated carbocycles. The fourth-order valence-corrected chi connectivity index (χ4v) is 2.98. The Balaban J connectivity index is 1.79. The van der Waals surface area contributed by atoms with E-state index < -0.39 is 5.97 Å². The van der Waals surface area contributed by atoms with Crippen molar-refractivity contribution in [3.63, 3.8) is 0 Å². The summed E-state index contributed by atoms with van der Waals surface area (Å²) in [6.07, 6.45) is 0. The van der Waals surface area contributed by atoms with Crippen LogP contribution >= 0.6 is 0 Å². The van der Waals surface area contributed by atoms with Crippen LogP contribution in [0.1, 0.15) is 32.1 Å². The number of nitrogens with one attached hydrogen (secondary N) is 2. The van der Waals surface area contributed by atoms with Crippen LogP contribution < -0.4 is 5.32 Å². The number of carbonyl (C=O) groups excluding carboxylic acids is 2. The number of carbonyl (C=O) groups is 2. The molecule has 1 amide bonds. The highest BCUT2D eigenvalue weighted by atomic mass is 16.6. The van der Waals surface area contributed by atoms with Gasteiger partial charge in [0.25, 0.3) is 5.91 Å². The van der Waals surface area contributed by atoms with Crippen LogP contribution in [-0.4, -0.2) is 57.4 Å². The first-order valence-corrected chi connectivity index (χ1v) is 8.91. The average Bonchev–Trinajstić information content (AvgIpc) is 3.24. The Morgan fingerprint density at radius 3 is 2.72 bits per heavy atom. The Morgan fingerprint density at radius 2 is 2.03 bits per heavy atom. The van der Waals surface area contributed by atoms with E-state index >= 15 is 0 Å². The molecule has 0 aliphatic heterocycles. The largest absolute Gasteiger partial charge is 0.460 e. The summed E-state index contributed by atoms with van der Waals surface area (Å²) < 4.78 is 11.6. The smallest absolute Gasteiger partial charge is 0.340 e. The molecule has 2 N–H and O–H groups in total. The number of tetrazole rings is 1. The van der Waals surface area contributed by atoms with Crippen LogP contribution in [0.3, 0.4) is 0 Å². The van der Waals surface area contributed by atoms with Crippen molar-refractivity contribution in [2.45, 2.75) is 13.8 Å². The van der Waals surface area contributed by atoms with Gasteiger partial charge in [-0.3, -0.25) is 4.79 Å². The molecule has 3 aromatic rings. The average molecular weight is 398 g/mol. The predicted octanol–water partition coefficient (Wildman–Crippen LogP) is 1.88. The molecule has 0 aliphatic carbocycles. The van der Waals surface area contributed by atoms with Crippen LogP contribution in [0, 0.1) is 13.8 Å². The van der Waals surface area contributed by atoms with Gasteiger partial charge in [-0.1, -0.05) is 12.1 Å². The Kier molecular flexibility index (Phi) is 6.03. The molecule has 3 rings (SSSR count). The van der Waals surface area contributed by atoms with Gasteiger partial charge in [0.05, 0.1) is 12.2 Å². The monoisotopic (exact) mass is 398 g/mol. The van der Waals surface area contributed by atoms with E-state index in [1.165, 1.54) is 7.11 Å². The number of aromatic nitrogens is 5. The van der Waals surface area contributed by atoms with Gasteiger partial charge in [-0.2, -0.15) is 0 Å². The van der Waals surface area contributed by atoms with Crippen molar-refractivity contribution >= 4 is 17.6 Å². The Morgan fingerprint density at radius 1 is 1.24 bits per heavy atom. The SMILES string of the molecule is COCCOC(=O)c1c(C)[nH]c(C(=O)Nc2cccc(-c3nnnn3C)c2)c1C. The molecule has 2 aromatic heterocycles. The third-order valence-corrected chi connectivity index (χ3v) is 4.39. The van der Waals surface area contributed by atoms with E-state index in [0.717, 1.165) is 5.56 Å². The molecule has 0 fully saturated rings. The van der Waals surface area contributed by atoms with Gasteiger partial charge in [0.1, 0.15) is 12.3 Å². The first kappa shape index (κ1) is 20.2. The summed E-state index contributed by atoms with van der Waals surface area (Å²) in [6.45, 7) is 3.87. The zero-order valence-corrected chi connectivity index (χ0v) is 16.6. The number of nitrogens with zero attached hydrogens (tertiary/aromatic N) is 4. The van der Waals surface area contributed by atoms with Gasteiger partial charge in [0.15, 0.2) is 5.82 Å². The number of rotatable bonds is 7. The lowest BCUT2D eigenvalue weighted by molar-refractivity contribution is 0.0387. The number of H-pyrrole nitrogens is 1. The number of ether oxygens (including phenoxy) is 2. The molecule has 0 unspecified atom stereocenters. The third kappa shape index (κ3) is 4.32. The molecule has 0 aliphatic rings. The van der Waals surface area contributed by atoms with Crippen LogP contribution in [0.5, 0.6) is 0 Å². The second-order valence-corrected chi connectivity index (χ2v) is 6.41. The lowest BCUT2D eigenvalue weighted by atomic mass is 10.1. The topological polar surface area (TPSA) is 124 Å². The van der Waals surface area contributed by atoms with Gasteiger partial charge < -0.3 is 19.8 Å². The standard InChI is InChI=1S/C19H22N6O4/c1-11-15(19(27)29-9-8-28-4)12(2)20-16(11)18(26)21-14-7-5-6-13(10-14)17-22-23-24-25(17)3/h5-7,10,20H,8-9H2,1-4H3,(H,21,26). The molecule has 10 heteroatoms. The zero-order chi connectivity index (χ0) is 21.0. The summed E-state index contributed by atoms with van der Waals surface area (Å²) in [5.74, 6) is -0.284. The summed E-state index contributed by atoms with van der Waals surface area (Å²) in [5, 5.41) is 14.2. The van der Waals surface area contributed by atoms with Crippen molar-refractivity contribution in [2.24, 2.45) is 7.05 Å². The molecule has 0 radical (unpaired) electrons. The number of benzene rings is 1. The number of hydrogen-bond donors (Lipinski definition) is 2. The van der Waals surface area contributed by atoms with E-state index in [2.05, 4.69) is 25.8 Å². The highest BCUT2D eigenvalue weighted by Gasteiger charge is 2.23. The molecule has 29 heavy (non-hydrogen) atoms. The van der Waals surface area contributed by atoms with E-state index in [4.69, 9.17) is 9.47 Å². The van der Waals surface area contributed by atoms with Crippen molar-refractivity contribution in [3.8, 4) is 11.4 Å². The highest BCUT2D eigenvalue weighted by Crippen LogP contribution is 2.23. The quantitative estimate of drug-likeness (QED) is 0.460. The lowest BCUT2D eigenvalue weighted by Crippen LogP contribution is -2.15. The number of amides is 1. The van der Waals surface area contributed by atoms with Gasteiger partial charge in [0, 0.05) is 31.1 Å².